The minimum absolute atomic E-state index is 0.0140. The van der Waals surface area contributed by atoms with Gasteiger partial charge in [-0.05, 0) is 61.6 Å². The number of aryl methyl sites for hydroxylation is 2. The SMILES string of the molecule is Cc1cc(C#N)cc2c1cc(C(=O)c1c(Cl)ccc(C(=O)N3CCC(CC(=O)O)CC3)c1Cl)n2C. The van der Waals surface area contributed by atoms with Crippen molar-refractivity contribution in [3.8, 4) is 6.07 Å². The summed E-state index contributed by atoms with van der Waals surface area (Å²) in [4.78, 5) is 39.4. The van der Waals surface area contributed by atoms with Gasteiger partial charge in [-0.3, -0.25) is 14.4 Å². The van der Waals surface area contributed by atoms with E-state index in [1.54, 1.807) is 34.7 Å². The number of ketones is 1. The molecule has 3 aromatic rings. The summed E-state index contributed by atoms with van der Waals surface area (Å²) in [5, 5.41) is 19.3. The van der Waals surface area contributed by atoms with Crippen molar-refractivity contribution in [3.05, 3.63) is 68.3 Å². The number of nitriles is 1. The number of hydrogen-bond donors (Lipinski definition) is 1. The number of amides is 1. The summed E-state index contributed by atoms with van der Waals surface area (Å²) in [5.74, 6) is -1.55. The van der Waals surface area contributed by atoms with Gasteiger partial charge in [0.15, 0.2) is 0 Å². The molecule has 1 aliphatic heterocycles. The van der Waals surface area contributed by atoms with Crippen molar-refractivity contribution in [2.45, 2.75) is 26.2 Å². The lowest BCUT2D eigenvalue weighted by Gasteiger charge is -2.31. The van der Waals surface area contributed by atoms with Gasteiger partial charge in [-0.2, -0.15) is 5.26 Å². The number of rotatable bonds is 5. The molecule has 1 N–H and O–H groups in total. The number of nitrogens with zero attached hydrogens (tertiary/aromatic N) is 3. The molecular formula is C26H23Cl2N3O4. The van der Waals surface area contributed by atoms with Gasteiger partial charge in [-0.15, -0.1) is 0 Å². The van der Waals surface area contributed by atoms with E-state index in [9.17, 15) is 19.6 Å². The molecule has 35 heavy (non-hydrogen) atoms. The average Bonchev–Trinajstić information content (AvgIpc) is 3.15. The molecular weight excluding hydrogens is 489 g/mol. The van der Waals surface area contributed by atoms with Gasteiger partial charge in [0.1, 0.15) is 0 Å². The third-order valence-electron chi connectivity index (χ3n) is 6.64. The van der Waals surface area contributed by atoms with E-state index in [4.69, 9.17) is 28.3 Å². The Morgan fingerprint density at radius 1 is 1.14 bits per heavy atom. The second-order valence-corrected chi connectivity index (χ2v) is 9.66. The number of carboxylic acid groups (broad SMARTS) is 1. The molecule has 4 rings (SSSR count). The number of aromatic nitrogens is 1. The van der Waals surface area contributed by atoms with Crippen molar-refractivity contribution >= 4 is 51.8 Å². The number of fused-ring (bicyclic) bond motifs is 1. The summed E-state index contributed by atoms with van der Waals surface area (Å²) in [6.45, 7) is 2.71. The molecule has 2 heterocycles. The normalized spacial score (nSPS) is 14.2. The third-order valence-corrected chi connectivity index (χ3v) is 7.35. The Kier molecular flexibility index (Phi) is 6.88. The number of carboxylic acids is 1. The highest BCUT2D eigenvalue weighted by Gasteiger charge is 2.29. The van der Waals surface area contributed by atoms with E-state index < -0.39 is 11.8 Å². The molecule has 2 aromatic carbocycles. The number of halogens is 2. The van der Waals surface area contributed by atoms with E-state index in [-0.39, 0.29) is 39.4 Å². The summed E-state index contributed by atoms with van der Waals surface area (Å²) in [7, 11) is 1.73. The van der Waals surface area contributed by atoms with E-state index in [0.29, 0.717) is 37.2 Å². The van der Waals surface area contributed by atoms with Crippen molar-refractivity contribution in [2.75, 3.05) is 13.1 Å². The van der Waals surface area contributed by atoms with E-state index >= 15 is 0 Å². The monoisotopic (exact) mass is 511 g/mol. The van der Waals surface area contributed by atoms with Crippen molar-refractivity contribution in [2.24, 2.45) is 13.0 Å². The molecule has 0 saturated carbocycles. The Balaban J connectivity index is 1.67. The summed E-state index contributed by atoms with van der Waals surface area (Å²) >= 11 is 13.0. The minimum atomic E-state index is -0.842. The lowest BCUT2D eigenvalue weighted by atomic mass is 9.93. The topological polar surface area (TPSA) is 103 Å². The maximum absolute atomic E-state index is 13.6. The van der Waals surface area contributed by atoms with Crippen molar-refractivity contribution < 1.29 is 19.5 Å². The highest BCUT2D eigenvalue weighted by molar-refractivity contribution is 6.42. The Bertz CT molecular complexity index is 1410. The molecule has 0 spiro atoms. The van der Waals surface area contributed by atoms with Crippen LogP contribution < -0.4 is 0 Å². The number of aliphatic carboxylic acids is 1. The smallest absolute Gasteiger partial charge is 0.303 e. The molecule has 0 bridgehead atoms. The van der Waals surface area contributed by atoms with E-state index in [1.165, 1.54) is 12.1 Å². The van der Waals surface area contributed by atoms with Gasteiger partial charge in [-0.25, -0.2) is 0 Å². The predicted octanol–water partition coefficient (Wildman–Crippen LogP) is 5.22. The molecule has 1 amide bonds. The summed E-state index contributed by atoms with van der Waals surface area (Å²) < 4.78 is 1.69. The Labute approximate surface area is 212 Å². The molecule has 1 aromatic heterocycles. The molecule has 1 saturated heterocycles. The van der Waals surface area contributed by atoms with Crippen molar-refractivity contribution in [3.63, 3.8) is 0 Å². The number of likely N-dealkylation sites (tertiary alicyclic amines) is 1. The van der Waals surface area contributed by atoms with Gasteiger partial charge in [0, 0.05) is 37.5 Å². The van der Waals surface area contributed by atoms with Crippen LogP contribution in [-0.2, 0) is 11.8 Å². The first kappa shape index (κ1) is 24.8. The standard InChI is InChI=1S/C26H23Cl2N3O4/c1-14-9-16(13-29)10-20-18(14)12-21(30(20)2)25(34)23-19(27)4-3-17(24(23)28)26(35)31-7-5-15(6-8-31)11-22(32)33/h3-4,9-10,12,15H,5-8,11H2,1-2H3,(H,32,33). The molecule has 180 valence electrons. The largest absolute Gasteiger partial charge is 0.481 e. The van der Waals surface area contributed by atoms with Gasteiger partial charge in [0.2, 0.25) is 5.78 Å². The fourth-order valence-electron chi connectivity index (χ4n) is 4.70. The lowest BCUT2D eigenvalue weighted by molar-refractivity contribution is -0.138. The van der Waals surface area contributed by atoms with Gasteiger partial charge in [0.25, 0.3) is 5.91 Å². The van der Waals surface area contributed by atoms with Crippen LogP contribution in [0.2, 0.25) is 10.0 Å². The Morgan fingerprint density at radius 3 is 2.46 bits per heavy atom. The fourth-order valence-corrected chi connectivity index (χ4v) is 5.33. The third kappa shape index (κ3) is 4.64. The van der Waals surface area contributed by atoms with Crippen LogP contribution in [0.25, 0.3) is 10.9 Å². The van der Waals surface area contributed by atoms with E-state index in [0.717, 1.165) is 16.5 Å². The number of carbonyl (C=O) groups excluding carboxylic acids is 2. The van der Waals surface area contributed by atoms with Gasteiger partial charge in [-0.1, -0.05) is 23.2 Å². The maximum atomic E-state index is 13.6. The number of carbonyl (C=O) groups is 3. The second kappa shape index (κ2) is 9.73. The van der Waals surface area contributed by atoms with Crippen LogP contribution in [0, 0.1) is 24.2 Å². The maximum Gasteiger partial charge on any atom is 0.303 e. The highest BCUT2D eigenvalue weighted by Crippen LogP contribution is 2.34. The predicted molar refractivity (Wildman–Crippen MR) is 133 cm³/mol. The van der Waals surface area contributed by atoms with Crippen LogP contribution >= 0.6 is 23.2 Å². The van der Waals surface area contributed by atoms with Gasteiger partial charge in [0.05, 0.1) is 38.5 Å². The number of piperidine rings is 1. The average molecular weight is 512 g/mol. The number of benzene rings is 2. The Hall–Kier alpha value is -3.34. The molecule has 7 nitrogen and oxygen atoms in total. The van der Waals surface area contributed by atoms with Crippen LogP contribution in [0.3, 0.4) is 0 Å². The minimum Gasteiger partial charge on any atom is -0.481 e. The molecule has 9 heteroatoms. The van der Waals surface area contributed by atoms with Crippen LogP contribution in [0.1, 0.15) is 56.8 Å². The first-order chi connectivity index (χ1) is 16.6. The Morgan fingerprint density at radius 2 is 1.83 bits per heavy atom. The molecule has 0 radical (unpaired) electrons. The zero-order chi connectivity index (χ0) is 25.4. The second-order valence-electron chi connectivity index (χ2n) is 8.87. The van der Waals surface area contributed by atoms with Crippen LogP contribution in [-0.4, -0.2) is 45.3 Å². The number of hydrogen-bond acceptors (Lipinski definition) is 4. The van der Waals surface area contributed by atoms with Gasteiger partial charge < -0.3 is 14.6 Å². The summed E-state index contributed by atoms with van der Waals surface area (Å²) in [6, 6.07) is 10.3. The van der Waals surface area contributed by atoms with E-state index in [2.05, 4.69) is 6.07 Å². The van der Waals surface area contributed by atoms with Crippen molar-refractivity contribution in [1.82, 2.24) is 9.47 Å². The lowest BCUT2D eigenvalue weighted by Crippen LogP contribution is -2.39. The summed E-state index contributed by atoms with van der Waals surface area (Å²) in [5.41, 5.74) is 2.64. The molecule has 0 unspecified atom stereocenters. The van der Waals surface area contributed by atoms with Crippen molar-refractivity contribution in [1.29, 1.82) is 5.26 Å². The summed E-state index contributed by atoms with van der Waals surface area (Å²) in [6.07, 6.45) is 1.27. The fraction of sp³-hybridized carbons (Fsp3) is 0.308. The molecule has 0 atom stereocenters. The van der Waals surface area contributed by atoms with Crippen LogP contribution in [0.15, 0.2) is 30.3 Å². The van der Waals surface area contributed by atoms with Crippen LogP contribution in [0.5, 0.6) is 0 Å². The first-order valence-electron chi connectivity index (χ1n) is 11.2. The first-order valence-corrected chi connectivity index (χ1v) is 11.9. The van der Waals surface area contributed by atoms with E-state index in [1.807, 2.05) is 6.92 Å². The quantitative estimate of drug-likeness (QED) is 0.472. The molecule has 1 fully saturated rings. The van der Waals surface area contributed by atoms with Gasteiger partial charge >= 0.3 is 5.97 Å². The zero-order valence-corrected chi connectivity index (χ0v) is 20.8. The molecule has 0 aliphatic carbocycles. The van der Waals surface area contributed by atoms with Crippen LogP contribution in [0.4, 0.5) is 0 Å². The zero-order valence-electron chi connectivity index (χ0n) is 19.3. The molecule has 1 aliphatic rings. The highest BCUT2D eigenvalue weighted by atomic mass is 35.5.